The molecular formula is C23H19ClN6O4. The normalized spacial score (nSPS) is 15.6. The molecule has 0 spiro atoms. The molecule has 10 nitrogen and oxygen atoms in total. The van der Waals surface area contributed by atoms with Crippen LogP contribution in [0, 0.1) is 5.92 Å². The number of benzene rings is 2. The largest absolute Gasteiger partial charge is 0.495 e. The molecule has 5 rings (SSSR count). The van der Waals surface area contributed by atoms with Gasteiger partial charge in [0.25, 0.3) is 5.56 Å². The van der Waals surface area contributed by atoms with E-state index in [9.17, 15) is 14.4 Å². The molecule has 2 amide bonds. The average molecular weight is 479 g/mol. The summed E-state index contributed by atoms with van der Waals surface area (Å²) >= 11 is 6.12. The third kappa shape index (κ3) is 3.77. The molecule has 1 fully saturated rings. The minimum atomic E-state index is -0.584. The molecule has 0 bridgehead atoms. The van der Waals surface area contributed by atoms with Crippen molar-refractivity contribution in [2.45, 2.75) is 6.42 Å². The lowest BCUT2D eigenvalue weighted by Crippen LogP contribution is -2.28. The Labute approximate surface area is 198 Å². The number of ether oxygens (including phenoxy) is 1. The highest BCUT2D eigenvalue weighted by molar-refractivity contribution is 6.31. The second kappa shape index (κ2) is 8.64. The van der Waals surface area contributed by atoms with Crippen LogP contribution in [-0.4, -0.2) is 45.2 Å². The van der Waals surface area contributed by atoms with Gasteiger partial charge in [0.1, 0.15) is 11.1 Å². The van der Waals surface area contributed by atoms with Crippen LogP contribution in [0.4, 0.5) is 11.4 Å². The average Bonchev–Trinajstić information content (AvgIpc) is 3.44. The molecular weight excluding hydrogens is 460 g/mol. The lowest BCUT2D eigenvalue weighted by Gasteiger charge is -2.20. The van der Waals surface area contributed by atoms with E-state index in [-0.39, 0.29) is 30.3 Å². The molecule has 11 heteroatoms. The van der Waals surface area contributed by atoms with Gasteiger partial charge in [0.05, 0.1) is 42.6 Å². The summed E-state index contributed by atoms with van der Waals surface area (Å²) in [6, 6.07) is 12.0. The van der Waals surface area contributed by atoms with Crippen LogP contribution < -0.4 is 20.5 Å². The maximum atomic E-state index is 13.2. The smallest absolute Gasteiger partial charge is 0.261 e. The van der Waals surface area contributed by atoms with Crippen LogP contribution in [0.1, 0.15) is 6.42 Å². The zero-order valence-electron chi connectivity index (χ0n) is 18.0. The number of carbonyl (C=O) groups is 2. The van der Waals surface area contributed by atoms with Gasteiger partial charge in [-0.1, -0.05) is 23.7 Å². The van der Waals surface area contributed by atoms with Gasteiger partial charge in [-0.3, -0.25) is 14.4 Å². The summed E-state index contributed by atoms with van der Waals surface area (Å²) in [5.74, 6) is -0.598. The molecule has 2 N–H and O–H groups in total. The second-order valence-electron chi connectivity index (χ2n) is 7.75. The van der Waals surface area contributed by atoms with Crippen molar-refractivity contribution in [2.24, 2.45) is 5.92 Å². The lowest BCUT2D eigenvalue weighted by molar-refractivity contribution is -0.122. The van der Waals surface area contributed by atoms with Crippen LogP contribution in [0.15, 0.2) is 59.8 Å². The number of anilines is 2. The molecule has 1 saturated heterocycles. The molecule has 0 aliphatic carbocycles. The molecule has 1 atom stereocenters. The molecule has 172 valence electrons. The minimum absolute atomic E-state index is 0.0469. The van der Waals surface area contributed by atoms with Crippen molar-refractivity contribution in [1.82, 2.24) is 19.7 Å². The number of fused-ring (bicyclic) bond motifs is 1. The van der Waals surface area contributed by atoms with Crippen LogP contribution >= 0.6 is 11.6 Å². The van der Waals surface area contributed by atoms with E-state index in [0.29, 0.717) is 38.9 Å². The maximum Gasteiger partial charge on any atom is 0.261 e. The number of carbonyl (C=O) groups excluding carboxylic acids is 2. The molecule has 0 radical (unpaired) electrons. The zero-order chi connectivity index (χ0) is 23.8. The quantitative estimate of drug-likeness (QED) is 0.455. The lowest BCUT2D eigenvalue weighted by atomic mass is 10.1. The highest BCUT2D eigenvalue weighted by atomic mass is 35.5. The molecule has 2 aromatic carbocycles. The number of aromatic amines is 1. The van der Waals surface area contributed by atoms with Crippen LogP contribution in [0.2, 0.25) is 5.02 Å². The monoisotopic (exact) mass is 478 g/mol. The van der Waals surface area contributed by atoms with Crippen molar-refractivity contribution in [2.75, 3.05) is 23.9 Å². The van der Waals surface area contributed by atoms with Crippen LogP contribution in [0.25, 0.3) is 16.7 Å². The molecule has 3 heterocycles. The number of hydrogen-bond donors (Lipinski definition) is 2. The van der Waals surface area contributed by atoms with E-state index in [0.717, 1.165) is 0 Å². The third-order valence-corrected chi connectivity index (χ3v) is 5.92. The Hall–Kier alpha value is -4.18. The summed E-state index contributed by atoms with van der Waals surface area (Å²) in [6.45, 7) is 0.186. The highest BCUT2D eigenvalue weighted by Crippen LogP contribution is 2.35. The van der Waals surface area contributed by atoms with Gasteiger partial charge >= 0.3 is 0 Å². The van der Waals surface area contributed by atoms with Crippen molar-refractivity contribution in [3.05, 3.63) is 70.4 Å². The van der Waals surface area contributed by atoms with Gasteiger partial charge in [0.2, 0.25) is 11.8 Å². The third-order valence-electron chi connectivity index (χ3n) is 5.69. The topological polar surface area (TPSA) is 122 Å². The predicted molar refractivity (Wildman–Crippen MR) is 127 cm³/mol. The number of halogens is 1. The fourth-order valence-electron chi connectivity index (χ4n) is 4.02. The summed E-state index contributed by atoms with van der Waals surface area (Å²) in [4.78, 5) is 46.2. The zero-order valence-corrected chi connectivity index (χ0v) is 18.7. The Bertz CT molecular complexity index is 1480. The first-order valence-corrected chi connectivity index (χ1v) is 10.8. The highest BCUT2D eigenvalue weighted by Gasteiger charge is 2.36. The van der Waals surface area contributed by atoms with Gasteiger partial charge in [-0.15, -0.1) is 0 Å². The van der Waals surface area contributed by atoms with Gasteiger partial charge in [0, 0.05) is 18.0 Å². The number of nitrogens with one attached hydrogen (secondary N) is 2. The number of nitrogens with zero attached hydrogens (tertiary/aromatic N) is 4. The van der Waals surface area contributed by atoms with E-state index >= 15 is 0 Å². The Kier molecular flexibility index (Phi) is 5.50. The number of hydrogen-bond acceptors (Lipinski definition) is 6. The van der Waals surface area contributed by atoms with Gasteiger partial charge < -0.3 is 19.9 Å². The summed E-state index contributed by atoms with van der Waals surface area (Å²) in [5, 5.41) is 7.97. The molecule has 0 saturated carbocycles. The van der Waals surface area contributed by atoms with Crippen molar-refractivity contribution < 1.29 is 14.3 Å². The molecule has 2 aromatic heterocycles. The predicted octanol–water partition coefficient (Wildman–Crippen LogP) is 2.76. The van der Waals surface area contributed by atoms with Crippen molar-refractivity contribution in [3.8, 4) is 11.4 Å². The first-order valence-electron chi connectivity index (χ1n) is 10.4. The van der Waals surface area contributed by atoms with Crippen molar-refractivity contribution in [3.63, 3.8) is 0 Å². The number of methoxy groups -OCH3 is 1. The standard InChI is InChI=1S/C23H19ClN6O4/c1-34-19-7-6-14(24)9-18(19)29-11-13(8-20(29)31)22(32)28-16-4-2-3-5-17(16)30-21-15(10-27-30)23(33)26-12-25-21/h2-7,9-10,12-13H,8,11H2,1H3,(H,28,32)(H,25,26,33). The number of H-pyrrole nitrogens is 1. The Morgan fingerprint density at radius 2 is 2.03 bits per heavy atom. The van der Waals surface area contributed by atoms with E-state index in [2.05, 4.69) is 20.4 Å². The first kappa shape index (κ1) is 21.7. The van der Waals surface area contributed by atoms with Crippen LogP contribution in [0.5, 0.6) is 5.75 Å². The number of para-hydroxylation sites is 2. The number of rotatable bonds is 5. The van der Waals surface area contributed by atoms with E-state index in [1.165, 1.54) is 29.2 Å². The molecule has 1 aliphatic rings. The Morgan fingerprint density at radius 1 is 1.21 bits per heavy atom. The van der Waals surface area contributed by atoms with E-state index in [1.54, 1.807) is 42.5 Å². The molecule has 4 aromatic rings. The van der Waals surface area contributed by atoms with Crippen LogP contribution in [0.3, 0.4) is 0 Å². The number of aromatic nitrogens is 4. The van der Waals surface area contributed by atoms with Gasteiger partial charge in [-0.05, 0) is 30.3 Å². The summed E-state index contributed by atoms with van der Waals surface area (Å²) in [5.41, 5.74) is 1.60. The number of amides is 2. The Balaban J connectivity index is 1.41. The van der Waals surface area contributed by atoms with Gasteiger partial charge in [-0.25, -0.2) is 9.67 Å². The summed E-state index contributed by atoms with van der Waals surface area (Å²) in [6.07, 6.45) is 2.77. The first-order chi connectivity index (χ1) is 16.5. The summed E-state index contributed by atoms with van der Waals surface area (Å²) < 4.78 is 6.85. The SMILES string of the molecule is COc1ccc(Cl)cc1N1CC(C(=O)Nc2ccccc2-n2ncc3c(=O)[nH]cnc32)CC1=O. The van der Waals surface area contributed by atoms with E-state index in [1.807, 2.05) is 0 Å². The maximum absolute atomic E-state index is 13.2. The van der Waals surface area contributed by atoms with Crippen LogP contribution in [-0.2, 0) is 9.59 Å². The van der Waals surface area contributed by atoms with Crippen molar-refractivity contribution >= 4 is 45.8 Å². The fourth-order valence-corrected chi connectivity index (χ4v) is 4.19. The minimum Gasteiger partial charge on any atom is -0.495 e. The summed E-state index contributed by atoms with van der Waals surface area (Å²) in [7, 11) is 1.51. The second-order valence-corrected chi connectivity index (χ2v) is 8.19. The van der Waals surface area contributed by atoms with Gasteiger partial charge in [0.15, 0.2) is 5.65 Å². The van der Waals surface area contributed by atoms with E-state index < -0.39 is 5.92 Å². The fraction of sp³-hybridized carbons (Fsp3) is 0.174. The van der Waals surface area contributed by atoms with Gasteiger partial charge in [-0.2, -0.15) is 5.10 Å². The Morgan fingerprint density at radius 3 is 2.85 bits per heavy atom. The molecule has 1 aliphatic heterocycles. The van der Waals surface area contributed by atoms with E-state index in [4.69, 9.17) is 16.3 Å². The molecule has 34 heavy (non-hydrogen) atoms. The van der Waals surface area contributed by atoms with Crippen molar-refractivity contribution in [1.29, 1.82) is 0 Å². The molecule has 1 unspecified atom stereocenters.